The van der Waals surface area contributed by atoms with Crippen LogP contribution in [-0.2, 0) is 0 Å². The van der Waals surface area contributed by atoms with E-state index < -0.39 is 0 Å². The average molecular weight is 354 g/mol. The van der Waals surface area contributed by atoms with Crippen molar-refractivity contribution in [1.29, 1.82) is 0 Å². The van der Waals surface area contributed by atoms with Crippen molar-refractivity contribution in [3.05, 3.63) is 65.7 Å². The minimum absolute atomic E-state index is 0.0202. The fourth-order valence-electron chi connectivity index (χ4n) is 3.47. The molecule has 2 aromatic carbocycles. The highest BCUT2D eigenvalue weighted by Gasteiger charge is 2.32. The van der Waals surface area contributed by atoms with Gasteiger partial charge in [0.2, 0.25) is 5.95 Å². The molecule has 1 aliphatic rings. The fourth-order valence-corrected chi connectivity index (χ4v) is 3.47. The van der Waals surface area contributed by atoms with Gasteiger partial charge in [-0.15, -0.1) is 0 Å². The van der Waals surface area contributed by atoms with Gasteiger partial charge in [0, 0.05) is 5.56 Å². The van der Waals surface area contributed by atoms with Gasteiger partial charge in [0.25, 0.3) is 0 Å². The van der Waals surface area contributed by atoms with Crippen molar-refractivity contribution < 1.29 is 13.9 Å². The van der Waals surface area contributed by atoms with E-state index in [0.717, 1.165) is 11.1 Å². The van der Waals surface area contributed by atoms with Crippen LogP contribution in [0.1, 0.15) is 29.6 Å². The highest BCUT2D eigenvalue weighted by Crippen LogP contribution is 2.43. The van der Waals surface area contributed by atoms with Crippen molar-refractivity contribution in [2.24, 2.45) is 0 Å². The number of nitrogens with one attached hydrogen (secondary N) is 1. The van der Waals surface area contributed by atoms with Crippen molar-refractivity contribution >= 4 is 5.95 Å². The third-order valence-corrected chi connectivity index (χ3v) is 4.70. The Hall–Kier alpha value is -3.09. The van der Waals surface area contributed by atoms with Crippen LogP contribution >= 0.6 is 0 Å². The van der Waals surface area contributed by atoms with Crippen molar-refractivity contribution in [3.8, 4) is 11.5 Å². The fraction of sp³-hybridized carbons (Fsp3) is 0.263. The number of anilines is 1. The maximum Gasteiger partial charge on any atom is 0.222 e. The topological polar surface area (TPSA) is 61.2 Å². The molecule has 0 bridgehead atoms. The van der Waals surface area contributed by atoms with Crippen LogP contribution in [0.25, 0.3) is 0 Å². The zero-order chi connectivity index (χ0) is 18.1. The zero-order valence-corrected chi connectivity index (χ0v) is 14.5. The summed E-state index contributed by atoms with van der Waals surface area (Å²) >= 11 is 0. The third-order valence-electron chi connectivity index (χ3n) is 4.70. The normalized spacial score (nSPS) is 18.7. The average Bonchev–Trinajstić information content (AvgIpc) is 3.15. The molecule has 26 heavy (non-hydrogen) atoms. The highest BCUT2D eigenvalue weighted by atomic mass is 19.1. The first-order valence-electron chi connectivity index (χ1n) is 8.33. The van der Waals surface area contributed by atoms with Crippen LogP contribution in [0.3, 0.4) is 0 Å². The first kappa shape index (κ1) is 16.4. The predicted octanol–water partition coefficient (Wildman–Crippen LogP) is 3.58. The van der Waals surface area contributed by atoms with E-state index in [-0.39, 0.29) is 17.9 Å². The van der Waals surface area contributed by atoms with E-state index in [4.69, 9.17) is 9.47 Å². The maximum atomic E-state index is 13.3. The van der Waals surface area contributed by atoms with Crippen molar-refractivity contribution in [1.82, 2.24) is 14.8 Å². The number of fused-ring (bicyclic) bond motifs is 1. The molecule has 134 valence electrons. The van der Waals surface area contributed by atoms with Gasteiger partial charge in [-0.2, -0.15) is 10.1 Å². The minimum atomic E-state index is -0.251. The van der Waals surface area contributed by atoms with Crippen LogP contribution in [0, 0.1) is 5.82 Å². The van der Waals surface area contributed by atoms with Crippen LogP contribution in [-0.4, -0.2) is 29.0 Å². The summed E-state index contributed by atoms with van der Waals surface area (Å²) in [5, 5.41) is 7.75. The van der Waals surface area contributed by atoms with Crippen LogP contribution in [0.15, 0.2) is 48.8 Å². The van der Waals surface area contributed by atoms with Crippen LogP contribution in [0.4, 0.5) is 10.3 Å². The lowest BCUT2D eigenvalue weighted by Crippen LogP contribution is -2.28. The van der Waals surface area contributed by atoms with Gasteiger partial charge in [0.1, 0.15) is 12.1 Å². The minimum Gasteiger partial charge on any atom is -0.493 e. The third kappa shape index (κ3) is 2.75. The monoisotopic (exact) mass is 354 g/mol. The number of rotatable bonds is 4. The number of para-hydroxylation sites is 1. The summed E-state index contributed by atoms with van der Waals surface area (Å²) in [4.78, 5) is 4.32. The Morgan fingerprint density at radius 1 is 1.12 bits per heavy atom. The van der Waals surface area contributed by atoms with E-state index in [2.05, 4.69) is 15.4 Å². The van der Waals surface area contributed by atoms with Crippen molar-refractivity contribution in [3.63, 3.8) is 0 Å². The number of aromatic nitrogens is 3. The van der Waals surface area contributed by atoms with E-state index in [1.807, 2.05) is 22.9 Å². The number of hydrogen-bond acceptors (Lipinski definition) is 5. The standard InChI is InChI=1S/C19H19FN4O2/c1-25-17-5-3-4-14(18(17)26-2)16-10-15(12-6-8-13(20)9-7-12)23-19-21-11-22-24(16)19/h3-9,11,15-16H,10H2,1-2H3,(H,21,22,23). The van der Waals surface area contributed by atoms with E-state index in [0.29, 0.717) is 23.9 Å². The van der Waals surface area contributed by atoms with E-state index in [9.17, 15) is 4.39 Å². The molecule has 0 amide bonds. The Morgan fingerprint density at radius 2 is 1.92 bits per heavy atom. The quantitative estimate of drug-likeness (QED) is 0.776. The summed E-state index contributed by atoms with van der Waals surface area (Å²) < 4.78 is 26.2. The van der Waals surface area contributed by atoms with Crippen LogP contribution in [0.2, 0.25) is 0 Å². The van der Waals surface area contributed by atoms with Gasteiger partial charge in [-0.25, -0.2) is 9.07 Å². The maximum absolute atomic E-state index is 13.3. The Labute approximate surface area is 150 Å². The second-order valence-electron chi connectivity index (χ2n) is 6.11. The van der Waals surface area contributed by atoms with E-state index in [1.54, 1.807) is 26.4 Å². The number of halogens is 1. The number of benzene rings is 2. The first-order chi connectivity index (χ1) is 12.7. The molecule has 0 radical (unpaired) electrons. The summed E-state index contributed by atoms with van der Waals surface area (Å²) in [6.07, 6.45) is 2.24. The molecule has 1 aromatic heterocycles. The number of methoxy groups -OCH3 is 2. The lowest BCUT2D eigenvalue weighted by atomic mass is 9.92. The first-order valence-corrected chi connectivity index (χ1v) is 8.33. The molecule has 6 nitrogen and oxygen atoms in total. The van der Waals surface area contributed by atoms with Crippen molar-refractivity contribution in [2.75, 3.05) is 19.5 Å². The van der Waals surface area contributed by atoms with Gasteiger partial charge in [-0.1, -0.05) is 24.3 Å². The lowest BCUT2D eigenvalue weighted by molar-refractivity contribution is 0.340. The number of nitrogens with zero attached hydrogens (tertiary/aromatic N) is 3. The molecule has 0 spiro atoms. The highest BCUT2D eigenvalue weighted by molar-refractivity contribution is 5.50. The number of hydrogen-bond donors (Lipinski definition) is 1. The molecule has 3 aromatic rings. The van der Waals surface area contributed by atoms with Gasteiger partial charge in [-0.3, -0.25) is 0 Å². The second-order valence-corrected chi connectivity index (χ2v) is 6.11. The molecule has 1 N–H and O–H groups in total. The lowest BCUT2D eigenvalue weighted by Gasteiger charge is -2.32. The van der Waals surface area contributed by atoms with Gasteiger partial charge >= 0.3 is 0 Å². The van der Waals surface area contributed by atoms with Crippen LogP contribution in [0.5, 0.6) is 11.5 Å². The molecule has 1 aliphatic heterocycles. The molecule has 2 atom stereocenters. The molecular formula is C19H19FN4O2. The molecule has 2 unspecified atom stereocenters. The second kappa shape index (κ2) is 6.67. The molecule has 7 heteroatoms. The van der Waals surface area contributed by atoms with E-state index >= 15 is 0 Å². The Morgan fingerprint density at radius 3 is 2.65 bits per heavy atom. The Balaban J connectivity index is 1.78. The van der Waals surface area contributed by atoms with Crippen LogP contribution < -0.4 is 14.8 Å². The Kier molecular flexibility index (Phi) is 4.20. The van der Waals surface area contributed by atoms with E-state index in [1.165, 1.54) is 18.5 Å². The molecule has 0 fully saturated rings. The summed E-state index contributed by atoms with van der Waals surface area (Å²) in [5.41, 5.74) is 1.96. The van der Waals surface area contributed by atoms with Crippen molar-refractivity contribution in [2.45, 2.75) is 18.5 Å². The summed E-state index contributed by atoms with van der Waals surface area (Å²) in [6, 6.07) is 12.2. The molecule has 2 heterocycles. The molecule has 0 aliphatic carbocycles. The van der Waals surface area contributed by atoms with Gasteiger partial charge in [-0.05, 0) is 30.2 Å². The number of ether oxygens (including phenoxy) is 2. The summed E-state index contributed by atoms with van der Waals surface area (Å²) in [6.45, 7) is 0. The predicted molar refractivity (Wildman–Crippen MR) is 95.1 cm³/mol. The van der Waals surface area contributed by atoms with Gasteiger partial charge in [0.05, 0.1) is 26.3 Å². The zero-order valence-electron chi connectivity index (χ0n) is 14.5. The Bertz CT molecular complexity index is 910. The SMILES string of the molecule is COc1cccc(C2CC(c3ccc(F)cc3)Nc3ncnn32)c1OC. The molecule has 4 rings (SSSR count). The molecular weight excluding hydrogens is 335 g/mol. The molecule has 0 saturated heterocycles. The summed E-state index contributed by atoms with van der Waals surface area (Å²) in [7, 11) is 3.24. The summed E-state index contributed by atoms with van der Waals surface area (Å²) in [5.74, 6) is 1.77. The largest absolute Gasteiger partial charge is 0.493 e. The molecule has 0 saturated carbocycles. The van der Waals surface area contributed by atoms with Gasteiger partial charge < -0.3 is 14.8 Å². The van der Waals surface area contributed by atoms with Gasteiger partial charge in [0.15, 0.2) is 11.5 Å². The smallest absolute Gasteiger partial charge is 0.222 e.